The maximum Gasteiger partial charge on any atom is 0.260 e. The van der Waals surface area contributed by atoms with Crippen molar-refractivity contribution in [2.45, 2.75) is 26.4 Å². The fourth-order valence-electron chi connectivity index (χ4n) is 2.49. The SMILES string of the molecule is Cc1ccc(-c2nc(CCNC(=O)[C@H](C)Oc3ccccc3F)cs2)cc1. The molecule has 0 spiro atoms. The van der Waals surface area contributed by atoms with Crippen molar-refractivity contribution in [3.63, 3.8) is 0 Å². The van der Waals surface area contributed by atoms with Gasteiger partial charge in [0.15, 0.2) is 17.7 Å². The van der Waals surface area contributed by atoms with Gasteiger partial charge in [0, 0.05) is 23.9 Å². The number of nitrogens with one attached hydrogen (secondary N) is 1. The van der Waals surface area contributed by atoms with E-state index in [-0.39, 0.29) is 11.7 Å². The lowest BCUT2D eigenvalue weighted by atomic mass is 10.2. The predicted molar refractivity (Wildman–Crippen MR) is 105 cm³/mol. The summed E-state index contributed by atoms with van der Waals surface area (Å²) >= 11 is 1.59. The van der Waals surface area contributed by atoms with E-state index in [0.717, 1.165) is 16.3 Å². The number of nitrogens with zero attached hydrogens (tertiary/aromatic N) is 1. The number of aryl methyl sites for hydroxylation is 1. The molecule has 4 nitrogen and oxygen atoms in total. The highest BCUT2D eigenvalue weighted by Crippen LogP contribution is 2.24. The number of amides is 1. The Morgan fingerprint density at radius 2 is 1.96 bits per heavy atom. The molecule has 27 heavy (non-hydrogen) atoms. The van der Waals surface area contributed by atoms with E-state index in [4.69, 9.17) is 4.74 Å². The Morgan fingerprint density at radius 3 is 2.70 bits per heavy atom. The lowest BCUT2D eigenvalue weighted by Gasteiger charge is -2.14. The van der Waals surface area contributed by atoms with Crippen molar-refractivity contribution in [1.82, 2.24) is 10.3 Å². The van der Waals surface area contributed by atoms with Crippen LogP contribution in [0.1, 0.15) is 18.2 Å². The molecule has 0 saturated carbocycles. The van der Waals surface area contributed by atoms with Crippen LogP contribution in [-0.4, -0.2) is 23.5 Å². The summed E-state index contributed by atoms with van der Waals surface area (Å²) in [4.78, 5) is 16.7. The van der Waals surface area contributed by atoms with Gasteiger partial charge in [-0.25, -0.2) is 9.37 Å². The molecule has 3 rings (SSSR count). The third-order valence-corrected chi connectivity index (χ3v) is 4.98. The van der Waals surface area contributed by atoms with E-state index in [0.29, 0.717) is 13.0 Å². The monoisotopic (exact) mass is 384 g/mol. The first-order valence-corrected chi connectivity index (χ1v) is 9.61. The van der Waals surface area contributed by atoms with Gasteiger partial charge in [-0.3, -0.25) is 4.79 Å². The van der Waals surface area contributed by atoms with Crippen LogP contribution in [0.15, 0.2) is 53.9 Å². The molecule has 0 radical (unpaired) electrons. The second kappa shape index (κ2) is 8.77. The molecule has 0 saturated heterocycles. The van der Waals surface area contributed by atoms with Crippen molar-refractivity contribution in [1.29, 1.82) is 0 Å². The first kappa shape index (κ1) is 19.0. The molecule has 1 amide bonds. The fourth-order valence-corrected chi connectivity index (χ4v) is 3.35. The van der Waals surface area contributed by atoms with Crippen LogP contribution in [0, 0.1) is 12.7 Å². The van der Waals surface area contributed by atoms with Gasteiger partial charge in [-0.2, -0.15) is 0 Å². The van der Waals surface area contributed by atoms with Gasteiger partial charge >= 0.3 is 0 Å². The molecule has 0 bridgehead atoms. The van der Waals surface area contributed by atoms with Crippen molar-refractivity contribution >= 4 is 17.2 Å². The number of ether oxygens (including phenoxy) is 1. The highest BCUT2D eigenvalue weighted by Gasteiger charge is 2.16. The Bertz CT molecular complexity index is 909. The Kier molecular flexibility index (Phi) is 6.19. The molecule has 2 aromatic carbocycles. The summed E-state index contributed by atoms with van der Waals surface area (Å²) in [6, 6.07) is 14.3. The lowest BCUT2D eigenvalue weighted by molar-refractivity contribution is -0.127. The molecule has 0 aliphatic heterocycles. The van der Waals surface area contributed by atoms with Crippen molar-refractivity contribution in [2.75, 3.05) is 6.54 Å². The van der Waals surface area contributed by atoms with E-state index in [2.05, 4.69) is 41.5 Å². The topological polar surface area (TPSA) is 51.2 Å². The van der Waals surface area contributed by atoms with Crippen LogP contribution in [-0.2, 0) is 11.2 Å². The third kappa shape index (κ3) is 5.14. The molecular weight excluding hydrogens is 363 g/mol. The number of carbonyl (C=O) groups is 1. The quantitative estimate of drug-likeness (QED) is 0.658. The summed E-state index contributed by atoms with van der Waals surface area (Å²) in [6.45, 7) is 4.09. The molecule has 1 N–H and O–H groups in total. The van der Waals surface area contributed by atoms with Crippen molar-refractivity contribution < 1.29 is 13.9 Å². The number of halogens is 1. The first-order chi connectivity index (χ1) is 13.0. The molecule has 1 atom stereocenters. The number of carbonyl (C=O) groups excluding carboxylic acids is 1. The van der Waals surface area contributed by atoms with Crippen LogP contribution in [0.3, 0.4) is 0 Å². The molecular formula is C21H21FN2O2S. The van der Waals surface area contributed by atoms with Crippen LogP contribution >= 0.6 is 11.3 Å². The second-order valence-electron chi connectivity index (χ2n) is 6.24. The second-order valence-corrected chi connectivity index (χ2v) is 7.10. The van der Waals surface area contributed by atoms with Gasteiger partial charge in [0.25, 0.3) is 5.91 Å². The Hall–Kier alpha value is -2.73. The van der Waals surface area contributed by atoms with E-state index in [1.54, 1.807) is 30.4 Å². The molecule has 0 aliphatic rings. The average molecular weight is 384 g/mol. The number of aromatic nitrogens is 1. The first-order valence-electron chi connectivity index (χ1n) is 8.73. The van der Waals surface area contributed by atoms with Crippen molar-refractivity contribution in [2.24, 2.45) is 0 Å². The highest BCUT2D eigenvalue weighted by atomic mass is 32.1. The van der Waals surface area contributed by atoms with E-state index in [1.165, 1.54) is 17.7 Å². The Morgan fingerprint density at radius 1 is 1.22 bits per heavy atom. The van der Waals surface area contributed by atoms with Crippen LogP contribution in [0.5, 0.6) is 5.75 Å². The van der Waals surface area contributed by atoms with Gasteiger partial charge in [0.2, 0.25) is 0 Å². The van der Waals surface area contributed by atoms with Gasteiger partial charge < -0.3 is 10.1 Å². The van der Waals surface area contributed by atoms with Crippen LogP contribution in [0.25, 0.3) is 10.6 Å². The van der Waals surface area contributed by atoms with Gasteiger partial charge in [-0.1, -0.05) is 42.0 Å². The number of rotatable bonds is 7. The third-order valence-electron chi connectivity index (χ3n) is 4.04. The number of hydrogen-bond donors (Lipinski definition) is 1. The van der Waals surface area contributed by atoms with E-state index in [1.807, 2.05) is 5.38 Å². The molecule has 3 aromatic rings. The fraction of sp³-hybridized carbons (Fsp3) is 0.238. The summed E-state index contributed by atoms with van der Waals surface area (Å²) in [5.74, 6) is -0.696. The number of hydrogen-bond acceptors (Lipinski definition) is 4. The van der Waals surface area contributed by atoms with Crippen molar-refractivity contribution in [3.8, 4) is 16.3 Å². The summed E-state index contributed by atoms with van der Waals surface area (Å²) in [7, 11) is 0. The molecule has 0 fully saturated rings. The zero-order valence-electron chi connectivity index (χ0n) is 15.2. The molecule has 0 unspecified atom stereocenters. The zero-order chi connectivity index (χ0) is 19.2. The molecule has 6 heteroatoms. The van der Waals surface area contributed by atoms with Gasteiger partial charge in [0.1, 0.15) is 5.01 Å². The smallest absolute Gasteiger partial charge is 0.260 e. The molecule has 1 heterocycles. The summed E-state index contributed by atoms with van der Waals surface area (Å²) in [5, 5.41) is 5.77. The van der Waals surface area contributed by atoms with Crippen LogP contribution < -0.4 is 10.1 Å². The minimum Gasteiger partial charge on any atom is -0.478 e. The maximum absolute atomic E-state index is 13.6. The Labute approximate surface area is 162 Å². The molecule has 1 aromatic heterocycles. The number of thiazole rings is 1. The van der Waals surface area contributed by atoms with E-state index in [9.17, 15) is 9.18 Å². The minimum absolute atomic E-state index is 0.0717. The van der Waals surface area contributed by atoms with E-state index < -0.39 is 11.9 Å². The van der Waals surface area contributed by atoms with Gasteiger partial charge in [0.05, 0.1) is 5.69 Å². The number of benzene rings is 2. The standard InChI is InChI=1S/C21H21FN2O2S/c1-14-7-9-16(10-8-14)21-24-17(13-27-21)11-12-23-20(25)15(2)26-19-6-4-3-5-18(19)22/h3-10,13,15H,11-12H2,1-2H3,(H,23,25)/t15-/m0/s1. The maximum atomic E-state index is 13.6. The summed E-state index contributed by atoms with van der Waals surface area (Å²) in [6.07, 6.45) is -0.152. The minimum atomic E-state index is -0.777. The zero-order valence-corrected chi connectivity index (χ0v) is 16.1. The van der Waals surface area contributed by atoms with Gasteiger partial charge in [-0.15, -0.1) is 11.3 Å². The average Bonchev–Trinajstić information content (AvgIpc) is 3.13. The van der Waals surface area contributed by atoms with Crippen LogP contribution in [0.2, 0.25) is 0 Å². The summed E-state index contributed by atoms with van der Waals surface area (Å²) in [5.41, 5.74) is 3.23. The highest BCUT2D eigenvalue weighted by molar-refractivity contribution is 7.13. The molecule has 140 valence electrons. The van der Waals surface area contributed by atoms with Crippen LogP contribution in [0.4, 0.5) is 4.39 Å². The molecule has 0 aliphatic carbocycles. The normalized spacial score (nSPS) is 11.8. The van der Waals surface area contributed by atoms with Gasteiger partial charge in [-0.05, 0) is 26.0 Å². The predicted octanol–water partition coefficient (Wildman–Crippen LogP) is 4.38. The largest absolute Gasteiger partial charge is 0.478 e. The van der Waals surface area contributed by atoms with Crippen molar-refractivity contribution in [3.05, 3.63) is 71.0 Å². The number of para-hydroxylation sites is 1. The van der Waals surface area contributed by atoms with E-state index >= 15 is 0 Å². The lowest BCUT2D eigenvalue weighted by Crippen LogP contribution is -2.37. The Balaban J connectivity index is 1.49. The summed E-state index contributed by atoms with van der Waals surface area (Å²) < 4.78 is 19.0.